The van der Waals surface area contributed by atoms with Gasteiger partial charge in [-0.05, 0) is 38.5 Å². The molecule has 0 saturated heterocycles. The van der Waals surface area contributed by atoms with E-state index < -0.39 is 5.60 Å². The normalized spacial score (nSPS) is 19.9. The van der Waals surface area contributed by atoms with E-state index in [2.05, 4.69) is 0 Å². The van der Waals surface area contributed by atoms with Gasteiger partial charge in [-0.15, -0.1) is 0 Å². The number of ether oxygens (including phenoxy) is 1. The van der Waals surface area contributed by atoms with E-state index in [4.69, 9.17) is 4.74 Å². The lowest BCUT2D eigenvalue weighted by molar-refractivity contribution is 0.0602. The third-order valence-electron chi connectivity index (χ3n) is 2.60. The standard InChI is InChI=1S/C12H15FO2/c1-12(2,14)6-8-7-15-11-4-3-9(13)5-10(8)11/h3-5,8,14H,6-7H2,1-2H3. The molecule has 1 N–H and O–H groups in total. The van der Waals surface area contributed by atoms with Crippen LogP contribution in [0.25, 0.3) is 0 Å². The topological polar surface area (TPSA) is 29.5 Å². The van der Waals surface area contributed by atoms with E-state index in [1.165, 1.54) is 12.1 Å². The quantitative estimate of drug-likeness (QED) is 0.812. The highest BCUT2D eigenvalue weighted by Crippen LogP contribution is 2.38. The zero-order valence-electron chi connectivity index (χ0n) is 8.96. The number of benzene rings is 1. The zero-order chi connectivity index (χ0) is 11.1. The van der Waals surface area contributed by atoms with Crippen LogP contribution in [0.2, 0.25) is 0 Å². The monoisotopic (exact) mass is 210 g/mol. The van der Waals surface area contributed by atoms with E-state index in [0.717, 1.165) is 11.3 Å². The van der Waals surface area contributed by atoms with E-state index in [1.807, 2.05) is 0 Å². The summed E-state index contributed by atoms with van der Waals surface area (Å²) in [4.78, 5) is 0. The van der Waals surface area contributed by atoms with Gasteiger partial charge in [0.15, 0.2) is 0 Å². The van der Waals surface area contributed by atoms with Gasteiger partial charge in [-0.2, -0.15) is 0 Å². The minimum Gasteiger partial charge on any atom is -0.493 e. The van der Waals surface area contributed by atoms with Gasteiger partial charge >= 0.3 is 0 Å². The summed E-state index contributed by atoms with van der Waals surface area (Å²) in [7, 11) is 0. The first-order valence-corrected chi connectivity index (χ1v) is 5.10. The predicted octanol–water partition coefficient (Wildman–Crippen LogP) is 2.46. The molecule has 2 nitrogen and oxygen atoms in total. The Labute approximate surface area is 88.7 Å². The number of fused-ring (bicyclic) bond motifs is 1. The van der Waals surface area contributed by atoms with Crippen molar-refractivity contribution < 1.29 is 14.2 Å². The number of aliphatic hydroxyl groups is 1. The molecular formula is C12H15FO2. The van der Waals surface area contributed by atoms with Crippen molar-refractivity contribution in [1.82, 2.24) is 0 Å². The minimum absolute atomic E-state index is 0.0932. The third kappa shape index (κ3) is 2.29. The predicted molar refractivity (Wildman–Crippen MR) is 55.6 cm³/mol. The fraction of sp³-hybridized carbons (Fsp3) is 0.500. The summed E-state index contributed by atoms with van der Waals surface area (Å²) in [6, 6.07) is 4.54. The van der Waals surface area contributed by atoms with Gasteiger partial charge in [-0.1, -0.05) is 0 Å². The van der Waals surface area contributed by atoms with Gasteiger partial charge < -0.3 is 9.84 Å². The van der Waals surface area contributed by atoms with Crippen LogP contribution >= 0.6 is 0 Å². The lowest BCUT2D eigenvalue weighted by Crippen LogP contribution is -2.22. The first-order chi connectivity index (χ1) is 6.96. The molecular weight excluding hydrogens is 195 g/mol. The molecule has 82 valence electrons. The Morgan fingerprint density at radius 3 is 2.93 bits per heavy atom. The molecule has 1 aliphatic heterocycles. The highest BCUT2D eigenvalue weighted by Gasteiger charge is 2.29. The molecule has 0 spiro atoms. The van der Waals surface area contributed by atoms with E-state index >= 15 is 0 Å². The van der Waals surface area contributed by atoms with Crippen LogP contribution in [-0.4, -0.2) is 17.3 Å². The number of hydrogen-bond acceptors (Lipinski definition) is 2. The lowest BCUT2D eigenvalue weighted by atomic mass is 9.89. The van der Waals surface area contributed by atoms with E-state index in [1.54, 1.807) is 19.9 Å². The van der Waals surface area contributed by atoms with Crippen LogP contribution in [0.4, 0.5) is 4.39 Å². The van der Waals surface area contributed by atoms with Crippen molar-refractivity contribution in [2.24, 2.45) is 0 Å². The van der Waals surface area contributed by atoms with Crippen molar-refractivity contribution in [1.29, 1.82) is 0 Å². The largest absolute Gasteiger partial charge is 0.493 e. The fourth-order valence-electron chi connectivity index (χ4n) is 2.02. The second-order valence-corrected chi connectivity index (χ2v) is 4.71. The summed E-state index contributed by atoms with van der Waals surface area (Å²) in [6.07, 6.45) is 0.587. The summed E-state index contributed by atoms with van der Waals surface area (Å²) >= 11 is 0. The van der Waals surface area contributed by atoms with Crippen LogP contribution in [0, 0.1) is 5.82 Å². The summed E-state index contributed by atoms with van der Waals surface area (Å²) in [5.74, 6) is 0.585. The van der Waals surface area contributed by atoms with E-state index in [0.29, 0.717) is 13.0 Å². The molecule has 0 radical (unpaired) electrons. The summed E-state index contributed by atoms with van der Waals surface area (Å²) in [6.45, 7) is 4.04. The van der Waals surface area contributed by atoms with Crippen molar-refractivity contribution in [3.8, 4) is 5.75 Å². The third-order valence-corrected chi connectivity index (χ3v) is 2.60. The van der Waals surface area contributed by atoms with Gasteiger partial charge in [0.05, 0.1) is 12.2 Å². The molecule has 3 heteroatoms. The van der Waals surface area contributed by atoms with Gasteiger partial charge in [0.2, 0.25) is 0 Å². The Morgan fingerprint density at radius 1 is 1.53 bits per heavy atom. The molecule has 15 heavy (non-hydrogen) atoms. The Kier molecular flexibility index (Phi) is 2.43. The number of rotatable bonds is 2. The lowest BCUT2D eigenvalue weighted by Gasteiger charge is -2.20. The number of hydrogen-bond donors (Lipinski definition) is 1. The first kappa shape index (κ1) is 10.4. The molecule has 0 aromatic heterocycles. The smallest absolute Gasteiger partial charge is 0.123 e. The van der Waals surface area contributed by atoms with Crippen molar-refractivity contribution in [3.63, 3.8) is 0 Å². The molecule has 0 fully saturated rings. The SMILES string of the molecule is CC(C)(O)CC1COc2ccc(F)cc21. The Balaban J connectivity index is 2.24. The van der Waals surface area contributed by atoms with Crippen molar-refractivity contribution in [2.75, 3.05) is 6.61 Å². The Bertz CT molecular complexity index is 368. The maximum absolute atomic E-state index is 13.1. The molecule has 1 aromatic carbocycles. The zero-order valence-corrected chi connectivity index (χ0v) is 8.96. The van der Waals surface area contributed by atoms with Crippen LogP contribution < -0.4 is 4.74 Å². The molecule has 0 aliphatic carbocycles. The molecule has 0 amide bonds. The van der Waals surface area contributed by atoms with Crippen LogP contribution in [0.15, 0.2) is 18.2 Å². The highest BCUT2D eigenvalue weighted by atomic mass is 19.1. The maximum atomic E-state index is 13.1. The average molecular weight is 210 g/mol. The Morgan fingerprint density at radius 2 is 2.27 bits per heavy atom. The maximum Gasteiger partial charge on any atom is 0.123 e. The second-order valence-electron chi connectivity index (χ2n) is 4.71. The van der Waals surface area contributed by atoms with Crippen molar-refractivity contribution in [2.45, 2.75) is 31.8 Å². The van der Waals surface area contributed by atoms with E-state index in [-0.39, 0.29) is 11.7 Å². The molecule has 1 aromatic rings. The number of halogens is 1. The molecule has 2 rings (SSSR count). The summed E-state index contributed by atoms with van der Waals surface area (Å²) in [5.41, 5.74) is 0.124. The summed E-state index contributed by atoms with van der Waals surface area (Å²) < 4.78 is 18.5. The molecule has 1 aliphatic rings. The van der Waals surface area contributed by atoms with Gasteiger partial charge in [-0.3, -0.25) is 0 Å². The molecule has 1 atom stereocenters. The Hall–Kier alpha value is -1.09. The molecule has 1 heterocycles. The highest BCUT2D eigenvalue weighted by molar-refractivity contribution is 5.40. The van der Waals surface area contributed by atoms with Crippen LogP contribution in [-0.2, 0) is 0 Å². The minimum atomic E-state index is -0.748. The summed E-state index contributed by atoms with van der Waals surface area (Å²) in [5, 5.41) is 9.72. The molecule has 0 saturated carbocycles. The fourth-order valence-corrected chi connectivity index (χ4v) is 2.02. The van der Waals surface area contributed by atoms with Gasteiger partial charge in [0.1, 0.15) is 11.6 Å². The van der Waals surface area contributed by atoms with Crippen LogP contribution in [0.5, 0.6) is 5.75 Å². The molecule has 1 unspecified atom stereocenters. The van der Waals surface area contributed by atoms with Crippen LogP contribution in [0.1, 0.15) is 31.7 Å². The van der Waals surface area contributed by atoms with E-state index in [9.17, 15) is 9.50 Å². The average Bonchev–Trinajstić information content (AvgIpc) is 2.46. The van der Waals surface area contributed by atoms with Crippen molar-refractivity contribution in [3.05, 3.63) is 29.6 Å². The molecule has 0 bridgehead atoms. The van der Waals surface area contributed by atoms with Crippen molar-refractivity contribution >= 4 is 0 Å². The van der Waals surface area contributed by atoms with Gasteiger partial charge in [-0.25, -0.2) is 4.39 Å². The second kappa shape index (κ2) is 3.49. The van der Waals surface area contributed by atoms with Gasteiger partial charge in [0.25, 0.3) is 0 Å². The first-order valence-electron chi connectivity index (χ1n) is 5.10. The van der Waals surface area contributed by atoms with Crippen LogP contribution in [0.3, 0.4) is 0 Å². The van der Waals surface area contributed by atoms with Gasteiger partial charge in [0, 0.05) is 11.5 Å².